The number of likely N-dealkylation sites (N-methyl/N-ethyl adjacent to an activating group) is 1. The molecule has 1 aliphatic heterocycles. The predicted octanol–water partition coefficient (Wildman–Crippen LogP) is 3.07. The van der Waals surface area contributed by atoms with Gasteiger partial charge in [0.2, 0.25) is 11.8 Å². The molecular weight excluding hydrogens is 414 g/mol. The molecule has 1 unspecified atom stereocenters. The lowest BCUT2D eigenvalue weighted by atomic mass is 10.0. The van der Waals surface area contributed by atoms with E-state index in [1.54, 1.807) is 30.5 Å². The molecule has 3 rings (SSSR count). The van der Waals surface area contributed by atoms with Crippen molar-refractivity contribution in [2.75, 3.05) is 40.4 Å². The molecule has 1 aromatic heterocycles. The van der Waals surface area contributed by atoms with Crippen molar-refractivity contribution in [2.24, 2.45) is 0 Å². The van der Waals surface area contributed by atoms with Crippen LogP contribution in [0.25, 0.3) is 0 Å². The van der Waals surface area contributed by atoms with Crippen molar-refractivity contribution < 1.29 is 19.1 Å². The molecule has 1 N–H and O–H groups in total. The predicted molar refractivity (Wildman–Crippen MR) is 122 cm³/mol. The van der Waals surface area contributed by atoms with Crippen LogP contribution in [-0.2, 0) is 16.1 Å². The standard InChI is InChI=1S/C23H31N3O4S/c1-4-25(15-22(27)24-14-18-7-6-12-31-18)23(28)16-26-11-5-8-20(26)19-10-9-17(29-2)13-21(19)30-3/h6-7,9-10,12-13,20H,4-5,8,11,14-16H2,1-3H3,(H,24,27). The zero-order valence-corrected chi connectivity index (χ0v) is 19.2. The van der Waals surface area contributed by atoms with Crippen molar-refractivity contribution in [2.45, 2.75) is 32.4 Å². The van der Waals surface area contributed by atoms with Crippen molar-refractivity contribution in [1.29, 1.82) is 0 Å². The largest absolute Gasteiger partial charge is 0.497 e. The SMILES string of the molecule is CCN(CC(=O)NCc1cccs1)C(=O)CN1CCCC1c1ccc(OC)cc1OC. The highest BCUT2D eigenvalue weighted by Crippen LogP contribution is 2.38. The summed E-state index contributed by atoms with van der Waals surface area (Å²) in [5, 5.41) is 4.87. The monoisotopic (exact) mass is 445 g/mol. The summed E-state index contributed by atoms with van der Waals surface area (Å²) in [4.78, 5) is 30.2. The zero-order chi connectivity index (χ0) is 22.2. The van der Waals surface area contributed by atoms with Gasteiger partial charge in [0, 0.05) is 29.1 Å². The van der Waals surface area contributed by atoms with E-state index in [1.165, 1.54) is 0 Å². The molecule has 1 atom stereocenters. The van der Waals surface area contributed by atoms with Gasteiger partial charge in [0.25, 0.3) is 0 Å². The minimum atomic E-state index is -0.140. The third kappa shape index (κ3) is 5.98. The van der Waals surface area contributed by atoms with Crippen LogP contribution in [0.15, 0.2) is 35.7 Å². The second-order valence-corrected chi connectivity index (χ2v) is 8.53. The van der Waals surface area contributed by atoms with Crippen molar-refractivity contribution in [1.82, 2.24) is 15.1 Å². The number of thiophene rings is 1. The lowest BCUT2D eigenvalue weighted by Crippen LogP contribution is -2.44. The van der Waals surface area contributed by atoms with E-state index in [4.69, 9.17) is 9.47 Å². The van der Waals surface area contributed by atoms with Crippen molar-refractivity contribution >= 4 is 23.2 Å². The van der Waals surface area contributed by atoms with E-state index in [0.29, 0.717) is 13.1 Å². The van der Waals surface area contributed by atoms with E-state index in [2.05, 4.69) is 10.2 Å². The maximum Gasteiger partial charge on any atom is 0.239 e. The van der Waals surface area contributed by atoms with Crippen LogP contribution in [0.2, 0.25) is 0 Å². The fraction of sp³-hybridized carbons (Fsp3) is 0.478. The second-order valence-electron chi connectivity index (χ2n) is 7.50. The minimum absolute atomic E-state index is 0.0341. The Bertz CT molecular complexity index is 872. The molecule has 1 aliphatic rings. The van der Waals surface area contributed by atoms with Gasteiger partial charge in [0.05, 0.1) is 33.9 Å². The number of ether oxygens (including phenoxy) is 2. The van der Waals surface area contributed by atoms with Gasteiger partial charge in [-0.2, -0.15) is 0 Å². The molecule has 0 aliphatic carbocycles. The number of likely N-dealkylation sites (tertiary alicyclic amines) is 1. The molecule has 1 saturated heterocycles. The Morgan fingerprint density at radius 2 is 2.10 bits per heavy atom. The third-order valence-corrected chi connectivity index (χ3v) is 6.49. The van der Waals surface area contributed by atoms with Crippen LogP contribution in [0.4, 0.5) is 0 Å². The second kappa shape index (κ2) is 11.2. The third-order valence-electron chi connectivity index (χ3n) is 5.61. The summed E-state index contributed by atoms with van der Waals surface area (Å²) >= 11 is 1.60. The summed E-state index contributed by atoms with van der Waals surface area (Å²) in [6.45, 7) is 4.09. The van der Waals surface area contributed by atoms with Crippen LogP contribution in [0.3, 0.4) is 0 Å². The summed E-state index contributed by atoms with van der Waals surface area (Å²) in [6, 6.07) is 9.86. The van der Waals surface area contributed by atoms with E-state index < -0.39 is 0 Å². The Morgan fingerprint density at radius 1 is 1.26 bits per heavy atom. The van der Waals surface area contributed by atoms with Crippen LogP contribution in [0.5, 0.6) is 11.5 Å². The highest BCUT2D eigenvalue weighted by Gasteiger charge is 2.31. The van der Waals surface area contributed by atoms with Crippen LogP contribution >= 0.6 is 11.3 Å². The summed E-state index contributed by atoms with van der Waals surface area (Å²) in [5.74, 6) is 1.34. The quantitative estimate of drug-likeness (QED) is 0.609. The first-order valence-corrected chi connectivity index (χ1v) is 11.5. The molecular formula is C23H31N3O4S. The molecule has 168 valence electrons. The molecule has 2 heterocycles. The Kier molecular flexibility index (Phi) is 8.31. The fourth-order valence-corrected chi connectivity index (χ4v) is 4.58. The molecule has 0 spiro atoms. The molecule has 0 radical (unpaired) electrons. The van der Waals surface area contributed by atoms with Gasteiger partial charge in [0.1, 0.15) is 11.5 Å². The van der Waals surface area contributed by atoms with E-state index in [0.717, 1.165) is 41.3 Å². The normalized spacial score (nSPS) is 16.2. The lowest BCUT2D eigenvalue weighted by molar-refractivity contribution is -0.137. The average molecular weight is 446 g/mol. The number of nitrogens with zero attached hydrogens (tertiary/aromatic N) is 2. The molecule has 0 bridgehead atoms. The summed E-state index contributed by atoms with van der Waals surface area (Å²) in [6.07, 6.45) is 1.98. The van der Waals surface area contributed by atoms with Crippen LogP contribution in [-0.4, -0.2) is 62.0 Å². The van der Waals surface area contributed by atoms with Gasteiger partial charge >= 0.3 is 0 Å². The van der Waals surface area contributed by atoms with Gasteiger partial charge in [-0.05, 0) is 43.8 Å². The highest BCUT2D eigenvalue weighted by atomic mass is 32.1. The van der Waals surface area contributed by atoms with Crippen molar-refractivity contribution in [3.63, 3.8) is 0 Å². The van der Waals surface area contributed by atoms with E-state index in [-0.39, 0.29) is 30.9 Å². The number of rotatable bonds is 10. The first-order valence-electron chi connectivity index (χ1n) is 10.6. The zero-order valence-electron chi connectivity index (χ0n) is 18.4. The van der Waals surface area contributed by atoms with Gasteiger partial charge in [0.15, 0.2) is 0 Å². The van der Waals surface area contributed by atoms with E-state index in [1.807, 2.05) is 42.6 Å². The number of hydrogen-bond donors (Lipinski definition) is 1. The average Bonchev–Trinajstić information content (AvgIpc) is 3.47. The maximum atomic E-state index is 13.0. The fourth-order valence-electron chi connectivity index (χ4n) is 3.94. The number of carbonyl (C=O) groups excluding carboxylic acids is 2. The van der Waals surface area contributed by atoms with Gasteiger partial charge in [-0.1, -0.05) is 12.1 Å². The van der Waals surface area contributed by atoms with Crippen molar-refractivity contribution in [3.05, 3.63) is 46.2 Å². The molecule has 1 aromatic carbocycles. The highest BCUT2D eigenvalue weighted by molar-refractivity contribution is 7.09. The van der Waals surface area contributed by atoms with Gasteiger partial charge < -0.3 is 19.7 Å². The lowest BCUT2D eigenvalue weighted by Gasteiger charge is -2.28. The number of methoxy groups -OCH3 is 2. The number of amides is 2. The van der Waals surface area contributed by atoms with Gasteiger partial charge in [-0.15, -0.1) is 11.3 Å². The van der Waals surface area contributed by atoms with Crippen molar-refractivity contribution in [3.8, 4) is 11.5 Å². The van der Waals surface area contributed by atoms with Gasteiger partial charge in [-0.3, -0.25) is 14.5 Å². The molecule has 1 fully saturated rings. The summed E-state index contributed by atoms with van der Waals surface area (Å²) in [5.41, 5.74) is 1.06. The van der Waals surface area contributed by atoms with Gasteiger partial charge in [-0.25, -0.2) is 0 Å². The molecule has 7 nitrogen and oxygen atoms in total. The van der Waals surface area contributed by atoms with Crippen LogP contribution < -0.4 is 14.8 Å². The first kappa shape index (κ1) is 23.1. The molecule has 31 heavy (non-hydrogen) atoms. The Labute approximate surface area is 187 Å². The topological polar surface area (TPSA) is 71.1 Å². The van der Waals surface area contributed by atoms with Crippen LogP contribution in [0, 0.1) is 0 Å². The number of nitrogens with one attached hydrogen (secondary N) is 1. The molecule has 0 saturated carbocycles. The van der Waals surface area contributed by atoms with E-state index >= 15 is 0 Å². The Morgan fingerprint density at radius 3 is 2.77 bits per heavy atom. The molecule has 2 amide bonds. The number of hydrogen-bond acceptors (Lipinski definition) is 6. The molecule has 2 aromatic rings. The first-order chi connectivity index (χ1) is 15.0. The number of benzene rings is 1. The maximum absolute atomic E-state index is 13.0. The summed E-state index contributed by atoms with van der Waals surface area (Å²) < 4.78 is 10.9. The smallest absolute Gasteiger partial charge is 0.239 e. The molecule has 8 heteroatoms. The minimum Gasteiger partial charge on any atom is -0.497 e. The van der Waals surface area contributed by atoms with Crippen LogP contribution in [0.1, 0.15) is 36.2 Å². The Hall–Kier alpha value is -2.58. The summed E-state index contributed by atoms with van der Waals surface area (Å²) in [7, 11) is 3.28. The van der Waals surface area contributed by atoms with E-state index in [9.17, 15) is 9.59 Å². The Balaban J connectivity index is 1.60. The number of carbonyl (C=O) groups is 2.